The van der Waals surface area contributed by atoms with Gasteiger partial charge in [-0.15, -0.1) is 0 Å². The number of hydrogen-bond acceptors (Lipinski definition) is 3. The number of ketones is 1. The Morgan fingerprint density at radius 2 is 1.96 bits per heavy atom. The van der Waals surface area contributed by atoms with Crippen LogP contribution < -0.4 is 4.74 Å². The molecule has 1 aliphatic carbocycles. The summed E-state index contributed by atoms with van der Waals surface area (Å²) in [5.41, 5.74) is 3.81. The van der Waals surface area contributed by atoms with Crippen molar-refractivity contribution >= 4 is 11.9 Å². The van der Waals surface area contributed by atoms with Crippen LogP contribution >= 0.6 is 0 Å². The van der Waals surface area contributed by atoms with Crippen LogP contribution in [-0.2, 0) is 6.42 Å². The van der Waals surface area contributed by atoms with Gasteiger partial charge >= 0.3 is 0 Å². The van der Waals surface area contributed by atoms with Crippen LogP contribution in [0.25, 0.3) is 6.08 Å². The maximum absolute atomic E-state index is 12.5. The van der Waals surface area contributed by atoms with Gasteiger partial charge in [0.2, 0.25) is 0 Å². The number of benzene rings is 2. The predicted octanol–water partition coefficient (Wildman–Crippen LogP) is 3.84. The van der Waals surface area contributed by atoms with Crippen LogP contribution in [0.5, 0.6) is 5.75 Å². The lowest BCUT2D eigenvalue weighted by molar-refractivity contribution is 0.104. The molecule has 0 radical (unpaired) electrons. The molecule has 0 saturated carbocycles. The van der Waals surface area contributed by atoms with Gasteiger partial charge < -0.3 is 9.64 Å². The number of Topliss-reactive ketones (excluding diaryl/α,β-unsaturated/α-hetero) is 1. The fourth-order valence-electron chi connectivity index (χ4n) is 2.94. The van der Waals surface area contributed by atoms with Gasteiger partial charge in [-0.2, -0.15) is 0 Å². The van der Waals surface area contributed by atoms with E-state index in [2.05, 4.69) is 19.0 Å². The van der Waals surface area contributed by atoms with Crippen molar-refractivity contribution in [1.29, 1.82) is 0 Å². The molecule has 0 bridgehead atoms. The fraction of sp³-hybridized carbons (Fsp3) is 0.286. The van der Waals surface area contributed by atoms with E-state index in [0.29, 0.717) is 13.0 Å². The number of rotatable bonds is 6. The molecule has 124 valence electrons. The lowest BCUT2D eigenvalue weighted by Crippen LogP contribution is -2.15. The highest BCUT2D eigenvalue weighted by molar-refractivity contribution is 6.15. The summed E-state index contributed by atoms with van der Waals surface area (Å²) >= 11 is 0. The first-order valence-electron chi connectivity index (χ1n) is 8.34. The zero-order valence-electron chi connectivity index (χ0n) is 14.3. The van der Waals surface area contributed by atoms with Crippen LogP contribution in [0.1, 0.15) is 27.9 Å². The van der Waals surface area contributed by atoms with Gasteiger partial charge in [0.25, 0.3) is 0 Å². The first-order chi connectivity index (χ1) is 11.6. The highest BCUT2D eigenvalue weighted by Crippen LogP contribution is 2.28. The largest absolute Gasteiger partial charge is 0.494 e. The van der Waals surface area contributed by atoms with Gasteiger partial charge in [0.15, 0.2) is 5.78 Å². The Morgan fingerprint density at radius 1 is 1.12 bits per heavy atom. The maximum atomic E-state index is 12.5. The Hall–Kier alpha value is -2.39. The molecule has 3 heteroatoms. The van der Waals surface area contributed by atoms with Crippen molar-refractivity contribution in [3.8, 4) is 5.75 Å². The van der Waals surface area contributed by atoms with E-state index in [1.165, 1.54) is 0 Å². The minimum atomic E-state index is 0.142. The summed E-state index contributed by atoms with van der Waals surface area (Å²) in [6.07, 6.45) is 3.68. The van der Waals surface area contributed by atoms with Gasteiger partial charge in [0, 0.05) is 24.1 Å². The topological polar surface area (TPSA) is 29.5 Å². The van der Waals surface area contributed by atoms with Gasteiger partial charge in [0.05, 0.1) is 6.61 Å². The van der Waals surface area contributed by atoms with Gasteiger partial charge in [-0.1, -0.05) is 36.4 Å². The standard InChI is InChI=1S/C21H23NO2/c1-22(2)11-6-12-24-19-9-5-7-16(14-19)13-18-15-17-8-3-4-10-20(17)21(18)23/h3-5,7-10,13-14H,6,11-12,15H2,1-2H3. The number of nitrogens with zero attached hydrogens (tertiary/aromatic N) is 1. The molecule has 0 aromatic heterocycles. The minimum absolute atomic E-state index is 0.142. The van der Waals surface area contributed by atoms with E-state index >= 15 is 0 Å². The van der Waals surface area contributed by atoms with Crippen LogP contribution in [0.15, 0.2) is 54.1 Å². The van der Waals surface area contributed by atoms with Crippen molar-refractivity contribution in [2.75, 3.05) is 27.2 Å². The first kappa shape index (κ1) is 16.5. The molecular formula is C21H23NO2. The second-order valence-corrected chi connectivity index (χ2v) is 6.41. The van der Waals surface area contributed by atoms with Crippen LogP contribution in [0.2, 0.25) is 0 Å². The minimum Gasteiger partial charge on any atom is -0.494 e. The number of carbonyl (C=O) groups is 1. The monoisotopic (exact) mass is 321 g/mol. The molecule has 0 fully saturated rings. The lowest BCUT2D eigenvalue weighted by atomic mass is 10.1. The maximum Gasteiger partial charge on any atom is 0.189 e. The third-order valence-corrected chi connectivity index (χ3v) is 4.15. The zero-order valence-corrected chi connectivity index (χ0v) is 14.3. The van der Waals surface area contributed by atoms with Gasteiger partial charge in [-0.05, 0) is 49.9 Å². The Morgan fingerprint density at radius 3 is 2.75 bits per heavy atom. The lowest BCUT2D eigenvalue weighted by Gasteiger charge is -2.10. The van der Waals surface area contributed by atoms with Crippen LogP contribution in [0.3, 0.4) is 0 Å². The molecule has 0 amide bonds. The highest BCUT2D eigenvalue weighted by Gasteiger charge is 2.23. The predicted molar refractivity (Wildman–Crippen MR) is 97.6 cm³/mol. The SMILES string of the molecule is CN(C)CCCOc1cccc(C=C2Cc3ccccc3C2=O)c1. The summed E-state index contributed by atoms with van der Waals surface area (Å²) in [7, 11) is 4.12. The molecule has 3 nitrogen and oxygen atoms in total. The Kier molecular flexibility index (Phi) is 5.11. The molecule has 0 aliphatic heterocycles. The molecule has 0 N–H and O–H groups in total. The number of hydrogen-bond donors (Lipinski definition) is 0. The number of carbonyl (C=O) groups excluding carboxylic acids is 1. The molecule has 1 aliphatic rings. The third-order valence-electron chi connectivity index (χ3n) is 4.15. The van der Waals surface area contributed by atoms with Gasteiger partial charge in [0.1, 0.15) is 5.75 Å². The average Bonchev–Trinajstić information content (AvgIpc) is 2.88. The van der Waals surface area contributed by atoms with E-state index in [9.17, 15) is 4.79 Å². The molecule has 0 saturated heterocycles. The Labute approximate surface area is 143 Å². The summed E-state index contributed by atoms with van der Waals surface area (Å²) in [4.78, 5) is 14.6. The highest BCUT2D eigenvalue weighted by atomic mass is 16.5. The molecule has 2 aromatic rings. The fourth-order valence-corrected chi connectivity index (χ4v) is 2.94. The summed E-state index contributed by atoms with van der Waals surface area (Å²) < 4.78 is 5.81. The van der Waals surface area contributed by atoms with Crippen LogP contribution in [0, 0.1) is 0 Å². The second-order valence-electron chi connectivity index (χ2n) is 6.41. The Bertz CT molecular complexity index is 762. The normalized spacial score (nSPS) is 15.1. The molecule has 0 unspecified atom stereocenters. The van der Waals surface area contributed by atoms with Crippen LogP contribution in [0.4, 0.5) is 0 Å². The second kappa shape index (κ2) is 7.45. The summed E-state index contributed by atoms with van der Waals surface area (Å²) in [5.74, 6) is 0.994. The quantitative estimate of drug-likeness (QED) is 0.598. The summed E-state index contributed by atoms with van der Waals surface area (Å²) in [6.45, 7) is 1.71. The van der Waals surface area contributed by atoms with Crippen LogP contribution in [-0.4, -0.2) is 37.9 Å². The van der Waals surface area contributed by atoms with E-state index in [1.54, 1.807) is 0 Å². The van der Waals surface area contributed by atoms with E-state index in [-0.39, 0.29) is 5.78 Å². The number of ether oxygens (including phenoxy) is 1. The summed E-state index contributed by atoms with van der Waals surface area (Å²) in [5, 5.41) is 0. The van der Waals surface area contributed by atoms with Crippen molar-refractivity contribution in [2.24, 2.45) is 0 Å². The zero-order chi connectivity index (χ0) is 16.9. The van der Waals surface area contributed by atoms with Crippen molar-refractivity contribution in [2.45, 2.75) is 12.8 Å². The first-order valence-corrected chi connectivity index (χ1v) is 8.34. The van der Waals surface area contributed by atoms with Gasteiger partial charge in [-0.25, -0.2) is 0 Å². The van der Waals surface area contributed by atoms with E-state index in [0.717, 1.165) is 41.0 Å². The van der Waals surface area contributed by atoms with Crippen molar-refractivity contribution < 1.29 is 9.53 Å². The molecular weight excluding hydrogens is 298 g/mol. The Balaban J connectivity index is 1.68. The average molecular weight is 321 g/mol. The van der Waals surface area contributed by atoms with E-state index in [1.807, 2.05) is 54.6 Å². The van der Waals surface area contributed by atoms with Crippen molar-refractivity contribution in [3.05, 3.63) is 70.8 Å². The molecule has 0 spiro atoms. The van der Waals surface area contributed by atoms with E-state index < -0.39 is 0 Å². The molecule has 0 heterocycles. The van der Waals surface area contributed by atoms with Crippen molar-refractivity contribution in [1.82, 2.24) is 4.90 Å². The molecule has 2 aromatic carbocycles. The van der Waals surface area contributed by atoms with Crippen molar-refractivity contribution in [3.63, 3.8) is 0 Å². The van der Waals surface area contributed by atoms with E-state index in [4.69, 9.17) is 4.74 Å². The summed E-state index contributed by atoms with van der Waals surface area (Å²) in [6, 6.07) is 15.8. The molecule has 0 atom stereocenters. The molecule has 24 heavy (non-hydrogen) atoms. The third kappa shape index (κ3) is 3.92. The number of allylic oxidation sites excluding steroid dienone is 1. The number of fused-ring (bicyclic) bond motifs is 1. The molecule has 3 rings (SSSR count). The smallest absolute Gasteiger partial charge is 0.189 e. The van der Waals surface area contributed by atoms with Gasteiger partial charge in [-0.3, -0.25) is 4.79 Å².